The van der Waals surface area contributed by atoms with E-state index in [9.17, 15) is 0 Å². The third-order valence-electron chi connectivity index (χ3n) is 4.24. The van der Waals surface area contributed by atoms with Gasteiger partial charge < -0.3 is 10.6 Å². The van der Waals surface area contributed by atoms with Crippen LogP contribution in [-0.2, 0) is 0 Å². The molecule has 0 spiro atoms. The molecule has 0 saturated carbocycles. The minimum absolute atomic E-state index is 0.134. The van der Waals surface area contributed by atoms with Crippen molar-refractivity contribution in [2.45, 2.75) is 79.2 Å². The number of nitrogens with zero attached hydrogens (tertiary/aromatic N) is 1. The number of nitrogens with one attached hydrogen (secondary N) is 1. The minimum Gasteiger partial charge on any atom is -0.387 e. The van der Waals surface area contributed by atoms with Crippen molar-refractivity contribution in [1.29, 1.82) is 5.41 Å². The van der Waals surface area contributed by atoms with Crippen LogP contribution in [0.5, 0.6) is 0 Å². The highest BCUT2D eigenvalue weighted by molar-refractivity contribution is 5.82. The Hall–Kier alpha value is -0.570. The molecule has 0 aromatic heterocycles. The Morgan fingerprint density at radius 3 is 2.21 bits per heavy atom. The summed E-state index contributed by atoms with van der Waals surface area (Å²) in [7, 11) is 0. The molecule has 0 aliphatic rings. The highest BCUT2D eigenvalue weighted by atomic mass is 15.1. The molecule has 0 heterocycles. The van der Waals surface area contributed by atoms with E-state index in [2.05, 4.69) is 39.5 Å². The number of nitrogens with two attached hydrogens (primary N) is 1. The number of unbranched alkanes of at least 4 members (excludes halogenated alkanes) is 2. The molecule has 0 aromatic carbocycles. The lowest BCUT2D eigenvalue weighted by Crippen LogP contribution is -2.35. The van der Waals surface area contributed by atoms with Gasteiger partial charge in [-0.15, -0.1) is 0 Å². The number of amidine groups is 1. The van der Waals surface area contributed by atoms with Gasteiger partial charge in [0.15, 0.2) is 0 Å². The molecule has 0 aromatic rings. The summed E-state index contributed by atoms with van der Waals surface area (Å²) >= 11 is 0. The van der Waals surface area contributed by atoms with Crippen LogP contribution in [-0.4, -0.2) is 29.9 Å². The minimum atomic E-state index is -0.134. The van der Waals surface area contributed by atoms with Gasteiger partial charge in [0.1, 0.15) is 0 Å². The van der Waals surface area contributed by atoms with Gasteiger partial charge in [0.25, 0.3) is 0 Å². The van der Waals surface area contributed by atoms with Crippen molar-refractivity contribution < 1.29 is 0 Å². The van der Waals surface area contributed by atoms with Crippen molar-refractivity contribution in [1.82, 2.24) is 4.90 Å². The Morgan fingerprint density at radius 2 is 1.74 bits per heavy atom. The van der Waals surface area contributed by atoms with E-state index in [0.717, 1.165) is 12.8 Å². The zero-order valence-corrected chi connectivity index (χ0v) is 13.8. The van der Waals surface area contributed by atoms with Crippen LogP contribution < -0.4 is 5.73 Å². The Morgan fingerprint density at radius 1 is 1.16 bits per heavy atom. The summed E-state index contributed by atoms with van der Waals surface area (Å²) in [5.74, 6) is 0.317. The molecule has 0 saturated heterocycles. The van der Waals surface area contributed by atoms with Crippen molar-refractivity contribution in [3.05, 3.63) is 0 Å². The third kappa shape index (κ3) is 7.56. The fourth-order valence-electron chi connectivity index (χ4n) is 2.19. The molecule has 0 radical (unpaired) electrons. The molecular formula is C16H35N3. The van der Waals surface area contributed by atoms with Crippen molar-refractivity contribution in [3.63, 3.8) is 0 Å². The van der Waals surface area contributed by atoms with Crippen LogP contribution in [0.3, 0.4) is 0 Å². The molecule has 0 aliphatic carbocycles. The second-order valence-electron chi connectivity index (χ2n) is 6.40. The maximum atomic E-state index is 7.57. The Bertz CT molecular complexity index is 248. The summed E-state index contributed by atoms with van der Waals surface area (Å²) in [6, 6.07) is 0.687. The van der Waals surface area contributed by atoms with Gasteiger partial charge in [-0.2, -0.15) is 0 Å². The van der Waals surface area contributed by atoms with Crippen LogP contribution in [0, 0.1) is 10.8 Å². The molecule has 3 N–H and O–H groups in total. The maximum Gasteiger partial charge on any atom is 0.0963 e. The van der Waals surface area contributed by atoms with Crippen molar-refractivity contribution in [2.75, 3.05) is 13.1 Å². The van der Waals surface area contributed by atoms with E-state index in [4.69, 9.17) is 11.1 Å². The van der Waals surface area contributed by atoms with Crippen LogP contribution in [0.2, 0.25) is 0 Å². The fourth-order valence-corrected chi connectivity index (χ4v) is 2.19. The van der Waals surface area contributed by atoms with E-state index in [1.165, 1.54) is 38.8 Å². The van der Waals surface area contributed by atoms with E-state index in [-0.39, 0.29) is 5.41 Å². The largest absolute Gasteiger partial charge is 0.387 e. The molecule has 1 unspecified atom stereocenters. The third-order valence-corrected chi connectivity index (χ3v) is 4.24. The molecule has 114 valence electrons. The van der Waals surface area contributed by atoms with Crippen LogP contribution >= 0.6 is 0 Å². The molecule has 1 atom stereocenters. The Kier molecular flexibility index (Phi) is 9.07. The molecule has 0 aliphatic heterocycles. The van der Waals surface area contributed by atoms with Gasteiger partial charge in [0.05, 0.1) is 5.84 Å². The highest BCUT2D eigenvalue weighted by Crippen LogP contribution is 2.23. The van der Waals surface area contributed by atoms with Crippen LogP contribution in [0.1, 0.15) is 73.1 Å². The lowest BCUT2D eigenvalue weighted by Gasteiger charge is -2.29. The lowest BCUT2D eigenvalue weighted by molar-refractivity contribution is 0.195. The van der Waals surface area contributed by atoms with E-state index in [1.807, 2.05) is 0 Å². The molecule has 0 fully saturated rings. The Labute approximate surface area is 120 Å². The second kappa shape index (κ2) is 9.35. The first-order valence-corrected chi connectivity index (χ1v) is 7.93. The first kappa shape index (κ1) is 18.4. The second-order valence-corrected chi connectivity index (χ2v) is 6.40. The van der Waals surface area contributed by atoms with E-state index in [0.29, 0.717) is 11.9 Å². The van der Waals surface area contributed by atoms with E-state index in [1.54, 1.807) is 0 Å². The monoisotopic (exact) mass is 269 g/mol. The fraction of sp³-hybridized carbons (Fsp3) is 0.938. The normalized spacial score (nSPS) is 13.8. The van der Waals surface area contributed by atoms with E-state index < -0.39 is 0 Å². The predicted octanol–water partition coefficient (Wildman–Crippen LogP) is 4.02. The summed E-state index contributed by atoms with van der Waals surface area (Å²) in [6.45, 7) is 13.4. The summed E-state index contributed by atoms with van der Waals surface area (Å²) in [6.07, 6.45) is 7.18. The van der Waals surface area contributed by atoms with Crippen LogP contribution in [0.25, 0.3) is 0 Å². The average Bonchev–Trinajstić information content (AvgIpc) is 2.36. The van der Waals surface area contributed by atoms with Crippen molar-refractivity contribution in [2.24, 2.45) is 11.1 Å². The molecular weight excluding hydrogens is 234 g/mol. The zero-order chi connectivity index (χ0) is 14.9. The van der Waals surface area contributed by atoms with Gasteiger partial charge in [-0.1, -0.05) is 40.5 Å². The standard InChI is InChI=1S/C16H35N3/c1-6-8-12-19(14(3)7-2)13-10-9-11-16(4,5)15(17)18/h14H,6-13H2,1-5H3,(H3,17,18). The quantitative estimate of drug-likeness (QED) is 0.338. The topological polar surface area (TPSA) is 53.1 Å². The van der Waals surface area contributed by atoms with Crippen LogP contribution in [0.15, 0.2) is 0 Å². The molecule has 3 heteroatoms. The number of hydrogen-bond acceptors (Lipinski definition) is 2. The van der Waals surface area contributed by atoms with Gasteiger partial charge >= 0.3 is 0 Å². The summed E-state index contributed by atoms with van der Waals surface area (Å²) in [4.78, 5) is 2.62. The molecule has 3 nitrogen and oxygen atoms in total. The average molecular weight is 269 g/mol. The first-order chi connectivity index (χ1) is 8.85. The van der Waals surface area contributed by atoms with Gasteiger partial charge in [0.2, 0.25) is 0 Å². The van der Waals surface area contributed by atoms with Gasteiger partial charge in [-0.3, -0.25) is 5.41 Å². The summed E-state index contributed by atoms with van der Waals surface area (Å²) in [5, 5.41) is 7.57. The molecule has 0 amide bonds. The predicted molar refractivity (Wildman–Crippen MR) is 85.8 cm³/mol. The van der Waals surface area contributed by atoms with Gasteiger partial charge in [-0.05, 0) is 45.7 Å². The molecule has 19 heavy (non-hydrogen) atoms. The number of rotatable bonds is 11. The summed E-state index contributed by atoms with van der Waals surface area (Å²) < 4.78 is 0. The SMILES string of the molecule is CCCCN(CCCCC(C)(C)C(=N)N)C(C)CC. The Balaban J connectivity index is 4.02. The highest BCUT2D eigenvalue weighted by Gasteiger charge is 2.21. The summed E-state index contributed by atoms with van der Waals surface area (Å²) in [5.41, 5.74) is 5.49. The molecule has 0 rings (SSSR count). The molecule has 0 bridgehead atoms. The lowest BCUT2D eigenvalue weighted by atomic mass is 9.86. The maximum absolute atomic E-state index is 7.57. The number of hydrogen-bond donors (Lipinski definition) is 2. The smallest absolute Gasteiger partial charge is 0.0963 e. The van der Waals surface area contributed by atoms with Crippen molar-refractivity contribution >= 4 is 5.84 Å². The van der Waals surface area contributed by atoms with Gasteiger partial charge in [0, 0.05) is 11.5 Å². The van der Waals surface area contributed by atoms with Crippen molar-refractivity contribution in [3.8, 4) is 0 Å². The van der Waals surface area contributed by atoms with Crippen LogP contribution in [0.4, 0.5) is 0 Å². The first-order valence-electron chi connectivity index (χ1n) is 7.93. The van der Waals surface area contributed by atoms with Gasteiger partial charge in [-0.25, -0.2) is 0 Å². The van der Waals surface area contributed by atoms with E-state index >= 15 is 0 Å². The zero-order valence-electron chi connectivity index (χ0n) is 13.8.